The second-order valence-corrected chi connectivity index (χ2v) is 8.73. The molecule has 4 rings (SSSR count). The average Bonchev–Trinajstić information content (AvgIpc) is 3.34. The second-order valence-electron chi connectivity index (χ2n) is 7.53. The van der Waals surface area contributed by atoms with E-state index in [-0.39, 0.29) is 33.3 Å². The first kappa shape index (κ1) is 22.8. The van der Waals surface area contributed by atoms with Gasteiger partial charge in [0.05, 0.1) is 16.7 Å². The minimum atomic E-state index is -4.64. The molecule has 1 saturated carbocycles. The SMILES string of the molecule is CC(C(=O)Nc1ccn(Cc2c(F)cccc2Cl)n1)n1nc(C(F)(F)F)c(Br)c1C1CC1. The topological polar surface area (TPSA) is 64.7 Å². The van der Waals surface area contributed by atoms with Crippen LogP contribution in [0.1, 0.15) is 48.7 Å². The second kappa shape index (κ2) is 8.51. The van der Waals surface area contributed by atoms with Crippen LogP contribution < -0.4 is 5.32 Å². The minimum absolute atomic E-state index is 0.0454. The maximum absolute atomic E-state index is 14.0. The van der Waals surface area contributed by atoms with E-state index in [1.54, 1.807) is 6.07 Å². The number of halogens is 6. The van der Waals surface area contributed by atoms with Gasteiger partial charge in [0.15, 0.2) is 11.5 Å². The van der Waals surface area contributed by atoms with E-state index in [4.69, 9.17) is 11.6 Å². The molecule has 1 aromatic carbocycles. The van der Waals surface area contributed by atoms with Crippen molar-refractivity contribution in [3.05, 3.63) is 62.7 Å². The summed E-state index contributed by atoms with van der Waals surface area (Å²) in [5.74, 6) is -0.966. The standard InChI is InChI=1S/C20H17BrClF4N5O/c1-10(31-17(11-5-6-11)16(21)18(29-31)20(24,25)26)19(32)27-15-7-8-30(28-15)9-12-13(22)3-2-4-14(12)23/h2-4,7-8,10-11H,5-6,9H2,1H3,(H,27,28,32). The van der Waals surface area contributed by atoms with E-state index in [0.717, 1.165) is 17.5 Å². The molecule has 1 unspecified atom stereocenters. The Labute approximate surface area is 193 Å². The molecule has 0 saturated heterocycles. The molecule has 1 aliphatic rings. The van der Waals surface area contributed by atoms with E-state index in [1.807, 2.05) is 0 Å². The van der Waals surface area contributed by atoms with Gasteiger partial charge in [-0.05, 0) is 47.8 Å². The van der Waals surface area contributed by atoms with E-state index in [0.29, 0.717) is 5.69 Å². The van der Waals surface area contributed by atoms with Crippen molar-refractivity contribution in [2.75, 3.05) is 5.32 Å². The highest BCUT2D eigenvalue weighted by Gasteiger charge is 2.43. The number of hydrogen-bond donors (Lipinski definition) is 1. The Hall–Kier alpha value is -2.40. The van der Waals surface area contributed by atoms with Crippen LogP contribution in [0.25, 0.3) is 0 Å². The van der Waals surface area contributed by atoms with Crippen LogP contribution in [0.2, 0.25) is 5.02 Å². The van der Waals surface area contributed by atoms with Gasteiger partial charge in [-0.3, -0.25) is 14.2 Å². The van der Waals surface area contributed by atoms with E-state index >= 15 is 0 Å². The van der Waals surface area contributed by atoms with Gasteiger partial charge < -0.3 is 5.32 Å². The largest absolute Gasteiger partial charge is 0.436 e. The Morgan fingerprint density at radius 3 is 2.66 bits per heavy atom. The van der Waals surface area contributed by atoms with Crippen LogP contribution in [-0.4, -0.2) is 25.5 Å². The number of aromatic nitrogens is 4. The van der Waals surface area contributed by atoms with Crippen molar-refractivity contribution >= 4 is 39.3 Å². The van der Waals surface area contributed by atoms with Crippen molar-refractivity contribution in [3.63, 3.8) is 0 Å². The summed E-state index contributed by atoms with van der Waals surface area (Å²) >= 11 is 9.04. The first-order valence-corrected chi connectivity index (χ1v) is 10.9. The normalized spacial score (nSPS) is 15.1. The molecular weight excluding hydrogens is 518 g/mol. The third-order valence-electron chi connectivity index (χ3n) is 5.14. The molecule has 0 radical (unpaired) electrons. The zero-order chi connectivity index (χ0) is 23.2. The van der Waals surface area contributed by atoms with Crippen LogP contribution in [-0.2, 0) is 17.5 Å². The Bertz CT molecular complexity index is 1150. The van der Waals surface area contributed by atoms with Gasteiger partial charge in [-0.1, -0.05) is 17.7 Å². The lowest BCUT2D eigenvalue weighted by molar-refractivity contribution is -0.142. The first-order chi connectivity index (χ1) is 15.1. The molecule has 1 fully saturated rings. The first-order valence-electron chi connectivity index (χ1n) is 9.68. The smallest absolute Gasteiger partial charge is 0.307 e. The molecule has 0 spiro atoms. The molecule has 1 atom stereocenters. The van der Waals surface area contributed by atoms with Crippen LogP contribution >= 0.6 is 27.5 Å². The van der Waals surface area contributed by atoms with E-state index in [1.165, 1.54) is 36.0 Å². The van der Waals surface area contributed by atoms with Gasteiger partial charge in [0.25, 0.3) is 0 Å². The van der Waals surface area contributed by atoms with Crippen LogP contribution in [0.3, 0.4) is 0 Å². The number of anilines is 1. The predicted octanol–water partition coefficient (Wildman–Crippen LogP) is 5.78. The van der Waals surface area contributed by atoms with Gasteiger partial charge >= 0.3 is 6.18 Å². The maximum atomic E-state index is 14.0. The fraction of sp³-hybridized carbons (Fsp3) is 0.350. The highest BCUT2D eigenvalue weighted by atomic mass is 79.9. The number of amides is 1. The minimum Gasteiger partial charge on any atom is -0.307 e. The van der Waals surface area contributed by atoms with Crippen molar-refractivity contribution in [1.82, 2.24) is 19.6 Å². The van der Waals surface area contributed by atoms with Crippen LogP contribution in [0.15, 0.2) is 34.9 Å². The Morgan fingerprint density at radius 1 is 1.31 bits per heavy atom. The van der Waals surface area contributed by atoms with Crippen LogP contribution in [0.5, 0.6) is 0 Å². The molecule has 0 aliphatic heterocycles. The molecule has 2 aromatic heterocycles. The van der Waals surface area contributed by atoms with Gasteiger partial charge in [0, 0.05) is 28.8 Å². The van der Waals surface area contributed by atoms with Gasteiger partial charge in [-0.25, -0.2) is 4.39 Å². The van der Waals surface area contributed by atoms with Crippen molar-refractivity contribution in [3.8, 4) is 0 Å². The molecule has 1 amide bonds. The molecule has 1 N–H and O–H groups in total. The third kappa shape index (κ3) is 4.54. The molecule has 3 aromatic rings. The maximum Gasteiger partial charge on any atom is 0.436 e. The molecule has 32 heavy (non-hydrogen) atoms. The zero-order valence-electron chi connectivity index (χ0n) is 16.6. The Balaban J connectivity index is 1.52. The lowest BCUT2D eigenvalue weighted by Gasteiger charge is -2.15. The lowest BCUT2D eigenvalue weighted by atomic mass is 10.2. The Kier molecular flexibility index (Phi) is 6.06. The fourth-order valence-electron chi connectivity index (χ4n) is 3.33. The van der Waals surface area contributed by atoms with Crippen molar-refractivity contribution in [2.24, 2.45) is 0 Å². The summed E-state index contributed by atoms with van der Waals surface area (Å²) < 4.78 is 56.3. The summed E-state index contributed by atoms with van der Waals surface area (Å²) in [6.45, 7) is 1.51. The van der Waals surface area contributed by atoms with Gasteiger partial charge in [-0.2, -0.15) is 23.4 Å². The van der Waals surface area contributed by atoms with E-state index in [2.05, 4.69) is 31.4 Å². The monoisotopic (exact) mass is 533 g/mol. The van der Waals surface area contributed by atoms with Gasteiger partial charge in [-0.15, -0.1) is 0 Å². The van der Waals surface area contributed by atoms with Crippen LogP contribution in [0, 0.1) is 5.82 Å². The number of hydrogen-bond acceptors (Lipinski definition) is 3. The summed E-state index contributed by atoms with van der Waals surface area (Å²) in [6, 6.07) is 4.82. The fourth-order valence-corrected chi connectivity index (χ4v) is 4.36. The summed E-state index contributed by atoms with van der Waals surface area (Å²) in [7, 11) is 0. The lowest BCUT2D eigenvalue weighted by Crippen LogP contribution is -2.26. The molecular formula is C20H17BrClF4N5O. The summed E-state index contributed by atoms with van der Waals surface area (Å²) in [6.07, 6.45) is -1.64. The van der Waals surface area contributed by atoms with E-state index < -0.39 is 29.6 Å². The number of alkyl halides is 3. The van der Waals surface area contributed by atoms with Crippen molar-refractivity contribution in [2.45, 2.75) is 44.4 Å². The highest BCUT2D eigenvalue weighted by molar-refractivity contribution is 9.10. The highest BCUT2D eigenvalue weighted by Crippen LogP contribution is 2.47. The number of nitrogens with one attached hydrogen (secondary N) is 1. The molecule has 12 heteroatoms. The summed E-state index contributed by atoms with van der Waals surface area (Å²) in [4.78, 5) is 12.8. The number of rotatable bonds is 6. The average molecular weight is 535 g/mol. The number of nitrogens with zero attached hydrogens (tertiary/aromatic N) is 4. The molecule has 0 bridgehead atoms. The quantitative estimate of drug-likeness (QED) is 0.408. The summed E-state index contributed by atoms with van der Waals surface area (Å²) in [5.41, 5.74) is -0.441. The predicted molar refractivity (Wildman–Crippen MR) is 113 cm³/mol. The van der Waals surface area contributed by atoms with E-state index in [9.17, 15) is 22.4 Å². The van der Waals surface area contributed by atoms with Gasteiger partial charge in [0.2, 0.25) is 5.91 Å². The van der Waals surface area contributed by atoms with Crippen LogP contribution in [0.4, 0.5) is 23.4 Å². The summed E-state index contributed by atoms with van der Waals surface area (Å²) in [5, 5.41) is 10.7. The van der Waals surface area contributed by atoms with Crippen molar-refractivity contribution < 1.29 is 22.4 Å². The molecule has 6 nitrogen and oxygen atoms in total. The number of carbonyl (C=O) groups excluding carboxylic acids is 1. The molecule has 170 valence electrons. The number of benzene rings is 1. The Morgan fingerprint density at radius 2 is 2.03 bits per heavy atom. The zero-order valence-corrected chi connectivity index (χ0v) is 19.0. The third-order valence-corrected chi connectivity index (χ3v) is 6.28. The molecule has 1 aliphatic carbocycles. The van der Waals surface area contributed by atoms with Gasteiger partial charge in [0.1, 0.15) is 11.9 Å². The molecule has 2 heterocycles. The van der Waals surface area contributed by atoms with Crippen molar-refractivity contribution in [1.29, 1.82) is 0 Å². The number of carbonyl (C=O) groups is 1.